The summed E-state index contributed by atoms with van der Waals surface area (Å²) in [5.74, 6) is 0.868. The topological polar surface area (TPSA) is 18.5 Å². The van der Waals surface area contributed by atoms with Crippen LogP contribution in [-0.2, 0) is 11.3 Å². The zero-order valence-corrected chi connectivity index (χ0v) is 10.5. The fourth-order valence-corrected chi connectivity index (χ4v) is 1.61. The normalized spacial score (nSPS) is 11.7. The minimum absolute atomic E-state index is 0. The van der Waals surface area contributed by atoms with E-state index in [0.717, 1.165) is 24.2 Å². The van der Waals surface area contributed by atoms with E-state index < -0.39 is 0 Å². The molecule has 0 saturated heterocycles. The molecule has 1 aromatic rings. The summed E-state index contributed by atoms with van der Waals surface area (Å²) in [7, 11) is 1.66. The van der Waals surface area contributed by atoms with Gasteiger partial charge >= 0.3 is 23.1 Å². The molecule has 0 spiro atoms. The highest BCUT2D eigenvalue weighted by molar-refractivity contribution is 9.09. The van der Waals surface area contributed by atoms with E-state index in [2.05, 4.69) is 22.9 Å². The van der Waals surface area contributed by atoms with Gasteiger partial charge in [-0.3, -0.25) is 0 Å². The van der Waals surface area contributed by atoms with E-state index >= 15 is 0 Å². The first-order chi connectivity index (χ1) is 7.26. The summed E-state index contributed by atoms with van der Waals surface area (Å²) in [6, 6.07) is 7.87. The molecular weight excluding hydrogens is 280 g/mol. The molecule has 1 unspecified atom stereocenters. The monoisotopic (exact) mass is 297 g/mol. The zero-order valence-electron chi connectivity index (χ0n) is 8.91. The Morgan fingerprint density at radius 1 is 1.31 bits per heavy atom. The van der Waals surface area contributed by atoms with E-state index in [9.17, 15) is 0 Å². The second-order valence-corrected chi connectivity index (χ2v) is 4.23. The van der Waals surface area contributed by atoms with Gasteiger partial charge in [0.1, 0.15) is 10.8 Å². The molecule has 0 aliphatic heterocycles. The second kappa shape index (κ2) is 9.28. The third-order valence-electron chi connectivity index (χ3n) is 2.02. The Kier molecular flexibility index (Phi) is 9.41. The first-order valence-electron chi connectivity index (χ1n) is 4.94. The van der Waals surface area contributed by atoms with E-state index in [4.69, 9.17) is 9.47 Å². The Morgan fingerprint density at radius 3 is 2.44 bits per heavy atom. The second-order valence-electron chi connectivity index (χ2n) is 3.21. The number of rotatable bonds is 6. The van der Waals surface area contributed by atoms with Crippen LogP contribution in [-0.4, -0.2) is 35.2 Å². The van der Waals surface area contributed by atoms with Crippen molar-refractivity contribution in [1.29, 1.82) is 0 Å². The van der Waals surface area contributed by atoms with Gasteiger partial charge in [-0.2, -0.15) is 0 Å². The van der Waals surface area contributed by atoms with Crippen molar-refractivity contribution in [2.24, 2.45) is 0 Å². The molecule has 2 nitrogen and oxygen atoms in total. The number of ether oxygens (including phenoxy) is 2. The smallest absolute Gasteiger partial charge is 0.316 e. The van der Waals surface area contributed by atoms with Gasteiger partial charge in [-0.05, 0) is 30.5 Å². The van der Waals surface area contributed by atoms with Crippen molar-refractivity contribution in [3.63, 3.8) is 0 Å². The van der Waals surface area contributed by atoms with Gasteiger partial charge in [-0.1, -0.05) is 35.0 Å². The molecule has 0 amide bonds. The minimum Gasteiger partial charge on any atom is -0.497 e. The molecule has 1 rings (SSSR count). The minimum atomic E-state index is 0. The van der Waals surface area contributed by atoms with Crippen molar-refractivity contribution in [3.05, 3.63) is 36.8 Å². The number of methoxy groups -OCH3 is 1. The van der Waals surface area contributed by atoms with Crippen LogP contribution in [0.3, 0.4) is 0 Å². The maximum atomic E-state index is 5.58. The lowest BCUT2D eigenvalue weighted by Gasteiger charge is -2.10. The fourth-order valence-electron chi connectivity index (χ4n) is 1.15. The highest BCUT2D eigenvalue weighted by Crippen LogP contribution is 2.15. The molecule has 16 heavy (non-hydrogen) atoms. The van der Waals surface area contributed by atoms with Gasteiger partial charge < -0.3 is 9.47 Å². The van der Waals surface area contributed by atoms with Crippen molar-refractivity contribution in [2.45, 2.75) is 24.5 Å². The van der Waals surface area contributed by atoms with Gasteiger partial charge in [-0.15, -0.1) is 0 Å². The van der Waals surface area contributed by atoms with Crippen LogP contribution in [0.1, 0.15) is 18.4 Å². The highest BCUT2D eigenvalue weighted by Gasteiger charge is 2.02. The molecular formula is C12H18BrMgO2. The predicted octanol–water partition coefficient (Wildman–Crippen LogP) is 2.63. The van der Waals surface area contributed by atoms with Crippen LogP contribution >= 0.6 is 15.9 Å². The Morgan fingerprint density at radius 2 is 1.94 bits per heavy atom. The average molecular weight is 298 g/mol. The molecule has 0 heterocycles. The standard InChI is InChI=1S/C12H16BrO2.Mg.2H/c1-3-4-12(13)15-9-10-5-7-11(14-2)8-6-10;;;/h5-8,12H,1,3-4,9H2,2H3;;;. The first-order valence-corrected chi connectivity index (χ1v) is 5.85. The number of halogens is 1. The number of hydrogen-bond acceptors (Lipinski definition) is 2. The SMILES string of the molecule is [CH2]CCC(Br)OCc1ccc(OC)cc1.[MgH2]. The summed E-state index contributed by atoms with van der Waals surface area (Å²) in [6.07, 6.45) is 1.80. The van der Waals surface area contributed by atoms with Gasteiger partial charge in [0.15, 0.2) is 0 Å². The van der Waals surface area contributed by atoms with Gasteiger partial charge in [0.2, 0.25) is 0 Å². The molecule has 0 N–H and O–H groups in total. The molecule has 0 fully saturated rings. The zero-order chi connectivity index (χ0) is 11.1. The van der Waals surface area contributed by atoms with Crippen LogP contribution in [0.4, 0.5) is 0 Å². The number of benzene rings is 1. The first kappa shape index (κ1) is 16.2. The summed E-state index contributed by atoms with van der Waals surface area (Å²) >= 11 is 3.44. The van der Waals surface area contributed by atoms with E-state index in [1.807, 2.05) is 24.3 Å². The summed E-state index contributed by atoms with van der Waals surface area (Å²) < 4.78 is 10.7. The third kappa shape index (κ3) is 6.08. The number of alkyl halides is 1. The van der Waals surface area contributed by atoms with Gasteiger partial charge in [0, 0.05) is 0 Å². The predicted molar refractivity (Wildman–Crippen MR) is 73.6 cm³/mol. The van der Waals surface area contributed by atoms with Gasteiger partial charge in [0.05, 0.1) is 13.7 Å². The summed E-state index contributed by atoms with van der Waals surface area (Å²) in [5.41, 5.74) is 1.14. The van der Waals surface area contributed by atoms with E-state index in [-0.39, 0.29) is 28.1 Å². The van der Waals surface area contributed by atoms with Crippen LogP contribution in [0.5, 0.6) is 5.75 Å². The molecule has 0 aliphatic carbocycles. The van der Waals surface area contributed by atoms with Crippen LogP contribution in [0.15, 0.2) is 24.3 Å². The molecule has 0 saturated carbocycles. The van der Waals surface area contributed by atoms with Crippen LogP contribution in [0.25, 0.3) is 0 Å². The molecule has 87 valence electrons. The van der Waals surface area contributed by atoms with E-state index in [1.165, 1.54) is 0 Å². The molecule has 0 aliphatic rings. The maximum absolute atomic E-state index is 5.58. The largest absolute Gasteiger partial charge is 0.497 e. The van der Waals surface area contributed by atoms with E-state index in [1.54, 1.807) is 7.11 Å². The molecule has 0 aromatic heterocycles. The number of hydrogen-bond donors (Lipinski definition) is 0. The molecule has 1 atom stereocenters. The Bertz CT molecular complexity index is 277. The summed E-state index contributed by atoms with van der Waals surface area (Å²) in [5, 5.41) is 0.0945. The van der Waals surface area contributed by atoms with Crippen molar-refractivity contribution < 1.29 is 9.47 Å². The molecule has 1 aromatic carbocycles. The lowest BCUT2D eigenvalue weighted by Crippen LogP contribution is -2.03. The van der Waals surface area contributed by atoms with Gasteiger partial charge in [-0.25, -0.2) is 0 Å². The van der Waals surface area contributed by atoms with Gasteiger partial charge in [0.25, 0.3) is 0 Å². The fraction of sp³-hybridized carbons (Fsp3) is 0.417. The van der Waals surface area contributed by atoms with Crippen LogP contribution < -0.4 is 4.74 Å². The summed E-state index contributed by atoms with van der Waals surface area (Å²) in [4.78, 5) is 0. The molecule has 1 radical (unpaired) electrons. The van der Waals surface area contributed by atoms with Crippen molar-refractivity contribution in [1.82, 2.24) is 0 Å². The van der Waals surface area contributed by atoms with Crippen LogP contribution in [0.2, 0.25) is 0 Å². The van der Waals surface area contributed by atoms with Crippen LogP contribution in [0, 0.1) is 6.92 Å². The van der Waals surface area contributed by atoms with E-state index in [0.29, 0.717) is 6.61 Å². The quantitative estimate of drug-likeness (QED) is 0.594. The average Bonchev–Trinajstić information content (AvgIpc) is 2.27. The molecule has 0 bridgehead atoms. The highest BCUT2D eigenvalue weighted by atomic mass is 79.9. The lowest BCUT2D eigenvalue weighted by molar-refractivity contribution is 0.0987. The van der Waals surface area contributed by atoms with Crippen molar-refractivity contribution in [3.8, 4) is 5.75 Å². The van der Waals surface area contributed by atoms with Crippen molar-refractivity contribution >= 4 is 39.0 Å². The summed E-state index contributed by atoms with van der Waals surface area (Å²) in [6.45, 7) is 4.39. The Balaban J connectivity index is 0.00000225. The Hall–Kier alpha value is 0.226. The molecule has 4 heteroatoms. The third-order valence-corrected chi connectivity index (χ3v) is 2.74. The Labute approximate surface area is 122 Å². The lowest BCUT2D eigenvalue weighted by atomic mass is 10.2. The maximum Gasteiger partial charge on any atom is 0.316 e. The van der Waals surface area contributed by atoms with Crippen molar-refractivity contribution in [2.75, 3.05) is 7.11 Å².